The van der Waals surface area contributed by atoms with Crippen molar-refractivity contribution in [3.05, 3.63) is 0 Å². The number of nitrogens with one attached hydrogen (secondary N) is 1. The van der Waals surface area contributed by atoms with Gasteiger partial charge in [0.2, 0.25) is 11.8 Å². The molecule has 0 spiro atoms. The first-order chi connectivity index (χ1) is 8.22. The Morgan fingerprint density at radius 3 is 2.82 bits per heavy atom. The van der Waals surface area contributed by atoms with Gasteiger partial charge in [0.25, 0.3) is 0 Å². The van der Waals surface area contributed by atoms with Gasteiger partial charge in [0.1, 0.15) is 0 Å². The van der Waals surface area contributed by atoms with Crippen molar-refractivity contribution in [3.63, 3.8) is 0 Å². The van der Waals surface area contributed by atoms with Gasteiger partial charge in [-0.2, -0.15) is 0 Å². The molecule has 1 N–H and O–H groups in total. The summed E-state index contributed by atoms with van der Waals surface area (Å²) in [7, 11) is 0. The van der Waals surface area contributed by atoms with Crippen LogP contribution in [0.2, 0.25) is 0 Å². The van der Waals surface area contributed by atoms with E-state index in [4.69, 9.17) is 4.74 Å². The molecule has 96 valence electrons. The summed E-state index contributed by atoms with van der Waals surface area (Å²) in [6.45, 7) is 4.54. The molecule has 2 heterocycles. The summed E-state index contributed by atoms with van der Waals surface area (Å²) in [5, 5.41) is 2.79. The van der Waals surface area contributed by atoms with Crippen LogP contribution in [-0.4, -0.2) is 49.1 Å². The molecule has 2 fully saturated rings. The average Bonchev–Trinajstić information content (AvgIpc) is 2.73. The molecular weight excluding hydrogens is 220 g/mol. The van der Waals surface area contributed by atoms with Crippen LogP contribution >= 0.6 is 0 Å². The Balaban J connectivity index is 1.92. The van der Waals surface area contributed by atoms with E-state index in [2.05, 4.69) is 5.32 Å². The SMILES string of the molecule is CCNC(=O)C1CC(=O)N(C2CCOCC2)C1. The van der Waals surface area contributed by atoms with Crippen LogP contribution in [-0.2, 0) is 14.3 Å². The molecule has 0 aromatic rings. The number of rotatable bonds is 3. The van der Waals surface area contributed by atoms with Crippen molar-refractivity contribution in [2.75, 3.05) is 26.3 Å². The van der Waals surface area contributed by atoms with Gasteiger partial charge in [-0.05, 0) is 19.8 Å². The number of carbonyl (C=O) groups excluding carboxylic acids is 2. The van der Waals surface area contributed by atoms with E-state index in [1.54, 1.807) is 0 Å². The van der Waals surface area contributed by atoms with Crippen LogP contribution in [0.3, 0.4) is 0 Å². The van der Waals surface area contributed by atoms with E-state index in [0.29, 0.717) is 19.5 Å². The lowest BCUT2D eigenvalue weighted by Gasteiger charge is -2.31. The number of amides is 2. The molecule has 5 nitrogen and oxygen atoms in total. The molecule has 0 aromatic heterocycles. The molecule has 2 aliphatic rings. The van der Waals surface area contributed by atoms with Crippen LogP contribution in [0.4, 0.5) is 0 Å². The normalized spacial score (nSPS) is 26.3. The largest absolute Gasteiger partial charge is 0.381 e. The molecule has 2 amide bonds. The van der Waals surface area contributed by atoms with Gasteiger partial charge < -0.3 is 15.0 Å². The Labute approximate surface area is 101 Å². The highest BCUT2D eigenvalue weighted by molar-refractivity contribution is 5.89. The second-order valence-corrected chi connectivity index (χ2v) is 4.69. The van der Waals surface area contributed by atoms with E-state index in [0.717, 1.165) is 26.1 Å². The lowest BCUT2D eigenvalue weighted by atomic mass is 10.1. The smallest absolute Gasteiger partial charge is 0.225 e. The zero-order chi connectivity index (χ0) is 12.3. The van der Waals surface area contributed by atoms with E-state index >= 15 is 0 Å². The second-order valence-electron chi connectivity index (χ2n) is 4.69. The predicted octanol–water partition coefficient (Wildman–Crippen LogP) is 0.150. The highest BCUT2D eigenvalue weighted by Crippen LogP contribution is 2.24. The van der Waals surface area contributed by atoms with E-state index in [-0.39, 0.29) is 23.8 Å². The number of carbonyl (C=O) groups is 2. The van der Waals surface area contributed by atoms with Gasteiger partial charge in [-0.3, -0.25) is 9.59 Å². The Bertz CT molecular complexity index is 300. The van der Waals surface area contributed by atoms with Crippen molar-refractivity contribution in [2.45, 2.75) is 32.2 Å². The summed E-state index contributed by atoms with van der Waals surface area (Å²) in [6.07, 6.45) is 2.16. The molecule has 0 aliphatic carbocycles. The molecule has 0 radical (unpaired) electrons. The standard InChI is InChI=1S/C12H20N2O3/c1-2-13-12(16)9-7-11(15)14(8-9)10-3-5-17-6-4-10/h9-10H,2-8H2,1H3,(H,13,16). The minimum absolute atomic E-state index is 0.00964. The topological polar surface area (TPSA) is 58.6 Å². The van der Waals surface area contributed by atoms with Crippen molar-refractivity contribution < 1.29 is 14.3 Å². The van der Waals surface area contributed by atoms with Gasteiger partial charge in [-0.25, -0.2) is 0 Å². The van der Waals surface area contributed by atoms with Crippen molar-refractivity contribution in [1.82, 2.24) is 10.2 Å². The number of ether oxygens (including phenoxy) is 1. The van der Waals surface area contributed by atoms with E-state index < -0.39 is 0 Å². The second kappa shape index (κ2) is 5.49. The first-order valence-corrected chi connectivity index (χ1v) is 6.37. The summed E-state index contributed by atoms with van der Waals surface area (Å²) in [4.78, 5) is 25.5. The molecule has 2 aliphatic heterocycles. The fourth-order valence-electron chi connectivity index (χ4n) is 2.58. The third-order valence-electron chi connectivity index (χ3n) is 3.51. The van der Waals surface area contributed by atoms with E-state index in [1.165, 1.54) is 0 Å². The Kier molecular flexibility index (Phi) is 3.99. The van der Waals surface area contributed by atoms with Crippen molar-refractivity contribution in [3.8, 4) is 0 Å². The van der Waals surface area contributed by atoms with E-state index in [9.17, 15) is 9.59 Å². The third-order valence-corrected chi connectivity index (χ3v) is 3.51. The summed E-state index contributed by atoms with van der Waals surface area (Å²) in [6, 6.07) is 0.274. The first-order valence-electron chi connectivity index (χ1n) is 6.37. The van der Waals surface area contributed by atoms with Crippen LogP contribution in [0.15, 0.2) is 0 Å². The van der Waals surface area contributed by atoms with Gasteiger partial charge in [-0.15, -0.1) is 0 Å². The van der Waals surface area contributed by atoms with Crippen molar-refractivity contribution >= 4 is 11.8 Å². The number of hydrogen-bond donors (Lipinski definition) is 1. The lowest BCUT2D eigenvalue weighted by Crippen LogP contribution is -2.41. The Morgan fingerprint density at radius 1 is 1.47 bits per heavy atom. The maximum Gasteiger partial charge on any atom is 0.225 e. The van der Waals surface area contributed by atoms with E-state index in [1.807, 2.05) is 11.8 Å². The molecule has 0 aromatic carbocycles. The van der Waals surface area contributed by atoms with Crippen LogP contribution < -0.4 is 5.32 Å². The number of nitrogens with zero attached hydrogens (tertiary/aromatic N) is 1. The molecule has 1 unspecified atom stereocenters. The molecule has 1 atom stereocenters. The molecule has 2 saturated heterocycles. The third kappa shape index (κ3) is 2.77. The minimum Gasteiger partial charge on any atom is -0.381 e. The maximum absolute atomic E-state index is 11.9. The summed E-state index contributed by atoms with van der Waals surface area (Å²) in [5.74, 6) is -0.0335. The highest BCUT2D eigenvalue weighted by atomic mass is 16.5. The minimum atomic E-state index is -0.162. The summed E-state index contributed by atoms with van der Waals surface area (Å²) in [5.41, 5.74) is 0. The zero-order valence-corrected chi connectivity index (χ0v) is 10.3. The fraction of sp³-hybridized carbons (Fsp3) is 0.833. The first kappa shape index (κ1) is 12.4. The summed E-state index contributed by atoms with van der Waals surface area (Å²) < 4.78 is 5.29. The van der Waals surface area contributed by atoms with Crippen LogP contribution in [0.25, 0.3) is 0 Å². The van der Waals surface area contributed by atoms with Gasteiger partial charge in [0.15, 0.2) is 0 Å². The van der Waals surface area contributed by atoms with Crippen LogP contribution in [0, 0.1) is 5.92 Å². The van der Waals surface area contributed by atoms with Crippen LogP contribution in [0.1, 0.15) is 26.2 Å². The monoisotopic (exact) mass is 240 g/mol. The van der Waals surface area contributed by atoms with Gasteiger partial charge >= 0.3 is 0 Å². The van der Waals surface area contributed by atoms with Crippen molar-refractivity contribution in [2.24, 2.45) is 5.92 Å². The average molecular weight is 240 g/mol. The lowest BCUT2D eigenvalue weighted by molar-refractivity contribution is -0.131. The number of hydrogen-bond acceptors (Lipinski definition) is 3. The molecular formula is C12H20N2O3. The fourth-order valence-corrected chi connectivity index (χ4v) is 2.58. The quantitative estimate of drug-likeness (QED) is 0.764. The van der Waals surface area contributed by atoms with Gasteiger partial charge in [0, 0.05) is 38.8 Å². The Morgan fingerprint density at radius 2 is 2.18 bits per heavy atom. The molecule has 0 saturated carbocycles. The van der Waals surface area contributed by atoms with Crippen molar-refractivity contribution in [1.29, 1.82) is 0 Å². The molecule has 2 rings (SSSR count). The Hall–Kier alpha value is -1.10. The van der Waals surface area contributed by atoms with Gasteiger partial charge in [0.05, 0.1) is 5.92 Å². The number of likely N-dealkylation sites (tertiary alicyclic amines) is 1. The zero-order valence-electron chi connectivity index (χ0n) is 10.3. The molecule has 17 heavy (non-hydrogen) atoms. The summed E-state index contributed by atoms with van der Waals surface area (Å²) >= 11 is 0. The van der Waals surface area contributed by atoms with Crippen LogP contribution in [0.5, 0.6) is 0 Å². The highest BCUT2D eigenvalue weighted by Gasteiger charge is 2.37. The molecule has 5 heteroatoms. The molecule has 0 bridgehead atoms. The van der Waals surface area contributed by atoms with Gasteiger partial charge in [-0.1, -0.05) is 0 Å². The predicted molar refractivity (Wildman–Crippen MR) is 62.3 cm³/mol. The maximum atomic E-state index is 11.9.